The molecule has 4 heterocycles. The molecular formula is C128H84Cl8N8. The fourth-order valence-electron chi connectivity index (χ4n) is 21.8. The van der Waals surface area contributed by atoms with E-state index in [0.29, 0.717) is 0 Å². The average molecular weight is 2020 g/mol. The third kappa shape index (κ3) is 16.1. The SMILES string of the molecule is ClCCl.ClCCl.ClCCl.ClCCl.c1ccc(C2=NC(c3ccc4ccc5cccc6ccc3c4c56)(n3c(-c4ccc5ccc6cccc7ccc4c5c67)nc(-c4ccccc4)c3-c3ccccc3)N=C2c2ccccc2)cc1.c1ccc(C2=NC(c3ccc4ccc5cccc6ccc3c4c56)(n3c(-c4ccc5ccc6cccc7ccc4c5c67)nc(-c4ccccc4)c3-c3ccccc3)N=C2c2ccccc2)cc1. The van der Waals surface area contributed by atoms with Crippen LogP contribution in [-0.4, -0.2) is 63.3 Å². The zero-order valence-corrected chi connectivity index (χ0v) is 83.4. The van der Waals surface area contributed by atoms with Gasteiger partial charge in [-0.05, 0) is 129 Å². The molecule has 0 saturated carbocycles. The Morgan fingerprint density at radius 1 is 0.174 bits per heavy atom. The summed E-state index contributed by atoms with van der Waals surface area (Å²) in [6.45, 7) is 0. The molecule has 2 aromatic heterocycles. The van der Waals surface area contributed by atoms with Gasteiger partial charge in [-0.1, -0.05) is 461 Å². The molecule has 26 aromatic rings. The predicted molar refractivity (Wildman–Crippen MR) is 617 cm³/mol. The van der Waals surface area contributed by atoms with Crippen molar-refractivity contribution in [3.05, 3.63) is 494 Å². The summed E-state index contributed by atoms with van der Waals surface area (Å²) in [5.41, 5.74) is 18.9. The van der Waals surface area contributed by atoms with Gasteiger partial charge in [0.15, 0.2) is 0 Å². The first-order chi connectivity index (χ1) is 71.1. The Hall–Kier alpha value is -15.1. The van der Waals surface area contributed by atoms with E-state index in [2.05, 4.69) is 470 Å². The molecule has 2 aliphatic heterocycles. The average Bonchev–Trinajstić information content (AvgIpc) is 1.53. The third-order valence-corrected chi connectivity index (χ3v) is 27.6. The van der Waals surface area contributed by atoms with Crippen LogP contribution in [0.5, 0.6) is 0 Å². The number of halogens is 8. The molecule has 8 nitrogen and oxygen atoms in total. The number of rotatable bonds is 14. The number of hydrogen-bond acceptors (Lipinski definition) is 6. The monoisotopic (exact) mass is 2010 g/mol. The van der Waals surface area contributed by atoms with Crippen molar-refractivity contribution < 1.29 is 0 Å². The van der Waals surface area contributed by atoms with Gasteiger partial charge in [-0.15, -0.1) is 92.8 Å². The highest BCUT2D eigenvalue weighted by molar-refractivity contribution is 6.55. The van der Waals surface area contributed by atoms with Crippen molar-refractivity contribution in [3.8, 4) is 67.8 Å². The Balaban J connectivity index is 0.000000144. The molecule has 28 rings (SSSR count). The molecule has 144 heavy (non-hydrogen) atoms. The Labute approximate surface area is 871 Å². The molecule has 692 valence electrons. The normalized spacial score (nSPS) is 13.1. The summed E-state index contributed by atoms with van der Waals surface area (Å²) in [6, 6.07) is 166. The van der Waals surface area contributed by atoms with Gasteiger partial charge >= 0.3 is 0 Å². The van der Waals surface area contributed by atoms with Crippen molar-refractivity contribution in [1.82, 2.24) is 19.1 Å². The van der Waals surface area contributed by atoms with E-state index in [1.165, 1.54) is 108 Å². The molecule has 0 aliphatic carbocycles. The van der Waals surface area contributed by atoms with Crippen LogP contribution in [0, 0.1) is 0 Å². The van der Waals surface area contributed by atoms with E-state index in [4.69, 9.17) is 123 Å². The van der Waals surface area contributed by atoms with Crippen LogP contribution in [0.4, 0.5) is 0 Å². The zero-order chi connectivity index (χ0) is 97.5. The topological polar surface area (TPSA) is 85.1 Å². The van der Waals surface area contributed by atoms with E-state index in [-0.39, 0.29) is 21.4 Å². The summed E-state index contributed by atoms with van der Waals surface area (Å²) in [4.78, 5) is 36.4. The van der Waals surface area contributed by atoms with Crippen molar-refractivity contribution in [2.75, 3.05) is 21.4 Å². The van der Waals surface area contributed by atoms with Crippen molar-refractivity contribution >= 4 is 245 Å². The lowest BCUT2D eigenvalue weighted by Crippen LogP contribution is -2.31. The van der Waals surface area contributed by atoms with Gasteiger partial charge in [-0.2, -0.15) is 0 Å². The van der Waals surface area contributed by atoms with Gasteiger partial charge in [-0.3, -0.25) is 9.13 Å². The molecular weight excluding hydrogens is 1930 g/mol. The van der Waals surface area contributed by atoms with Crippen molar-refractivity contribution in [2.24, 2.45) is 20.0 Å². The van der Waals surface area contributed by atoms with Crippen LogP contribution in [0.1, 0.15) is 33.4 Å². The fraction of sp³-hybridized carbons (Fsp3) is 0.0469. The van der Waals surface area contributed by atoms with Gasteiger partial charge in [0.2, 0.25) is 0 Å². The molecule has 2 aliphatic rings. The maximum absolute atomic E-state index is 6.15. The summed E-state index contributed by atoms with van der Waals surface area (Å²) in [7, 11) is 0. The minimum atomic E-state index is -1.40. The van der Waals surface area contributed by atoms with Gasteiger partial charge < -0.3 is 0 Å². The first-order valence-corrected chi connectivity index (χ1v) is 51.6. The fourth-order valence-corrected chi connectivity index (χ4v) is 21.8. The number of aromatic nitrogens is 4. The summed E-state index contributed by atoms with van der Waals surface area (Å²) in [5, 5.41) is 29.5. The number of imidazole rings is 2. The second kappa shape index (κ2) is 40.0. The maximum Gasteiger partial charge on any atom is 0.262 e. The second-order valence-corrected chi connectivity index (χ2v) is 38.5. The van der Waals surface area contributed by atoms with Crippen LogP contribution < -0.4 is 0 Å². The summed E-state index contributed by atoms with van der Waals surface area (Å²) >= 11 is 38.1. The molecule has 24 aromatic carbocycles. The third-order valence-electron chi connectivity index (χ3n) is 27.6. The van der Waals surface area contributed by atoms with Crippen LogP contribution in [0.2, 0.25) is 0 Å². The molecule has 0 N–H and O–H groups in total. The molecule has 0 bridgehead atoms. The van der Waals surface area contributed by atoms with Crippen LogP contribution in [0.3, 0.4) is 0 Å². The van der Waals surface area contributed by atoms with Gasteiger partial charge in [0, 0.05) is 66.8 Å². The molecule has 0 atom stereocenters. The van der Waals surface area contributed by atoms with E-state index in [0.717, 1.165) is 146 Å². The smallest absolute Gasteiger partial charge is 0.262 e. The Morgan fingerprint density at radius 2 is 0.361 bits per heavy atom. The van der Waals surface area contributed by atoms with Crippen molar-refractivity contribution in [3.63, 3.8) is 0 Å². The highest BCUT2D eigenvalue weighted by Crippen LogP contribution is 2.55. The largest absolute Gasteiger partial charge is 0.275 e. The number of aliphatic imine (C=N–C) groups is 4. The minimum Gasteiger partial charge on any atom is -0.275 e. The zero-order valence-electron chi connectivity index (χ0n) is 77.3. The van der Waals surface area contributed by atoms with Crippen molar-refractivity contribution in [1.29, 1.82) is 0 Å². The van der Waals surface area contributed by atoms with E-state index >= 15 is 0 Å². The predicted octanol–water partition coefficient (Wildman–Crippen LogP) is 36.3. The van der Waals surface area contributed by atoms with Gasteiger partial charge in [0.1, 0.15) is 11.6 Å². The van der Waals surface area contributed by atoms with Gasteiger partial charge in [-0.25, -0.2) is 29.9 Å². The van der Waals surface area contributed by atoms with Gasteiger partial charge in [0.05, 0.1) is 67.0 Å². The number of benzene rings is 24. The lowest BCUT2D eigenvalue weighted by molar-refractivity contribution is 0.412. The quantitative estimate of drug-likeness (QED) is 0.0802. The maximum atomic E-state index is 6.15. The van der Waals surface area contributed by atoms with E-state index in [1.54, 1.807) is 0 Å². The minimum absolute atomic E-state index is 0.194. The van der Waals surface area contributed by atoms with Crippen LogP contribution in [-0.2, 0) is 11.6 Å². The second-order valence-electron chi connectivity index (χ2n) is 35.3. The van der Waals surface area contributed by atoms with E-state index in [1.807, 2.05) is 0 Å². The first-order valence-electron chi connectivity index (χ1n) is 47.4. The number of hydrogen-bond donors (Lipinski definition) is 0. The lowest BCUT2D eigenvalue weighted by atomic mass is 9.89. The lowest BCUT2D eigenvalue weighted by Gasteiger charge is -2.31. The standard InChI is InChI=1S/2C62H38N4.4CH2Cl2/c2*1-5-15-45(16-6-1)57-58(46-17-7-2-8-18-46)65-62(64-57,52-38-34-44-30-28-40-24-14-26-42-33-37-51(52)56(44)54(40)42)66-60(48-21-11-4-12-22-48)59(47-19-9-3-10-20-47)63-61(66)50-36-32-43-29-27-39-23-13-25-41-31-35-49(50)55(43)53(39)41;4*2-1-3/h2*1-38H;4*1H2. The van der Waals surface area contributed by atoms with Crippen LogP contribution in [0.25, 0.3) is 197 Å². The Kier molecular flexibility index (Phi) is 25.7. The highest BCUT2D eigenvalue weighted by atomic mass is 35.5. The summed E-state index contributed by atoms with van der Waals surface area (Å²) in [5.74, 6) is -1.23. The van der Waals surface area contributed by atoms with E-state index in [9.17, 15) is 0 Å². The van der Waals surface area contributed by atoms with Gasteiger partial charge in [0.25, 0.3) is 11.6 Å². The first kappa shape index (κ1) is 92.6. The number of alkyl halides is 8. The molecule has 16 heteroatoms. The van der Waals surface area contributed by atoms with E-state index < -0.39 is 11.6 Å². The van der Waals surface area contributed by atoms with Crippen LogP contribution in [0.15, 0.2) is 481 Å². The molecule has 0 spiro atoms. The molecule has 0 unspecified atom stereocenters. The summed E-state index contributed by atoms with van der Waals surface area (Å²) < 4.78 is 4.78. The molecule has 0 fully saturated rings. The molecule has 0 radical (unpaired) electrons. The number of nitrogens with zero attached hydrogens (tertiary/aromatic N) is 8. The Morgan fingerprint density at radius 3 is 0.604 bits per heavy atom. The molecule has 0 saturated heterocycles. The Bertz CT molecular complexity index is 8630. The highest BCUT2D eigenvalue weighted by Gasteiger charge is 2.49. The molecule has 0 amide bonds. The van der Waals surface area contributed by atoms with Crippen molar-refractivity contribution in [2.45, 2.75) is 11.6 Å². The van der Waals surface area contributed by atoms with Crippen LogP contribution >= 0.6 is 92.8 Å². The summed E-state index contributed by atoms with van der Waals surface area (Å²) in [6.07, 6.45) is 0.